The topological polar surface area (TPSA) is 37.4 Å². The molecular weight excluding hydrogens is 300 g/mol. The third-order valence-electron chi connectivity index (χ3n) is 2.29. The van der Waals surface area contributed by atoms with E-state index in [1.807, 2.05) is 0 Å². The first-order valence-electron chi connectivity index (χ1n) is 4.47. The first kappa shape index (κ1) is 11.5. The van der Waals surface area contributed by atoms with Crippen LogP contribution in [0.2, 0.25) is 0 Å². The average Bonchev–Trinajstić information content (AvgIpc) is 2.44. The highest BCUT2D eigenvalue weighted by molar-refractivity contribution is 9.10. The van der Waals surface area contributed by atoms with Gasteiger partial charge in [0.15, 0.2) is 0 Å². The zero-order valence-corrected chi connectivity index (χ0v) is 10.3. The third-order valence-corrected chi connectivity index (χ3v) is 3.06. The second kappa shape index (κ2) is 4.14. The fraction of sp³-hybridized carbons (Fsp3) is 0.200. The molecule has 0 aliphatic carbocycles. The summed E-state index contributed by atoms with van der Waals surface area (Å²) >= 11 is 8.68. The maximum absolute atomic E-state index is 13.1. The van der Waals surface area contributed by atoms with Gasteiger partial charge in [-0.1, -0.05) is 0 Å². The minimum absolute atomic E-state index is 0.0852. The van der Waals surface area contributed by atoms with E-state index in [9.17, 15) is 14.0 Å². The summed E-state index contributed by atoms with van der Waals surface area (Å²) in [6, 6.07) is 2.28. The van der Waals surface area contributed by atoms with Crippen LogP contribution >= 0.6 is 27.5 Å². The van der Waals surface area contributed by atoms with E-state index >= 15 is 0 Å². The van der Waals surface area contributed by atoms with Crippen molar-refractivity contribution >= 4 is 44.9 Å². The molecule has 0 aromatic heterocycles. The standard InChI is InChI=1S/C10H6BrClFNO2/c11-7-4-5(13)3-6-8(7)14(2-1-12)10(16)9(6)15/h3-4H,1-2H2. The van der Waals surface area contributed by atoms with Crippen LogP contribution in [0.5, 0.6) is 0 Å². The van der Waals surface area contributed by atoms with Crippen LogP contribution in [0.25, 0.3) is 0 Å². The van der Waals surface area contributed by atoms with Gasteiger partial charge in [0.25, 0.3) is 11.7 Å². The number of halogens is 3. The fourth-order valence-corrected chi connectivity index (χ4v) is 2.47. The minimum Gasteiger partial charge on any atom is -0.302 e. The summed E-state index contributed by atoms with van der Waals surface area (Å²) in [6.07, 6.45) is 0. The Morgan fingerprint density at radius 1 is 1.38 bits per heavy atom. The van der Waals surface area contributed by atoms with E-state index in [-0.39, 0.29) is 18.0 Å². The number of ketones is 1. The number of anilines is 1. The van der Waals surface area contributed by atoms with Crippen LogP contribution in [0.4, 0.5) is 10.1 Å². The van der Waals surface area contributed by atoms with Crippen molar-refractivity contribution in [3.63, 3.8) is 0 Å². The van der Waals surface area contributed by atoms with Gasteiger partial charge in [-0.3, -0.25) is 9.59 Å². The number of hydrogen-bond donors (Lipinski definition) is 0. The predicted octanol–water partition coefficient (Wildman–Crippen LogP) is 2.36. The van der Waals surface area contributed by atoms with Crippen molar-refractivity contribution in [2.45, 2.75) is 0 Å². The van der Waals surface area contributed by atoms with E-state index in [4.69, 9.17) is 11.6 Å². The average molecular weight is 307 g/mol. The summed E-state index contributed by atoms with van der Waals surface area (Å²) in [5.74, 6) is -1.70. The highest BCUT2D eigenvalue weighted by atomic mass is 79.9. The summed E-state index contributed by atoms with van der Waals surface area (Å²) in [6.45, 7) is 0.226. The minimum atomic E-state index is -0.694. The Balaban J connectivity index is 2.60. The molecule has 2 rings (SSSR count). The van der Waals surface area contributed by atoms with Gasteiger partial charge in [-0.15, -0.1) is 11.6 Å². The molecule has 1 aromatic rings. The number of benzene rings is 1. The number of rotatable bonds is 2. The molecule has 0 atom stereocenters. The number of nitrogens with zero attached hydrogens (tertiary/aromatic N) is 1. The molecule has 0 radical (unpaired) electrons. The Kier molecular flexibility index (Phi) is 2.99. The molecular formula is C10H6BrClFNO2. The van der Waals surface area contributed by atoms with Gasteiger partial charge in [-0.25, -0.2) is 4.39 Å². The van der Waals surface area contributed by atoms with Gasteiger partial charge < -0.3 is 4.90 Å². The Bertz CT molecular complexity index is 492. The predicted molar refractivity (Wildman–Crippen MR) is 61.5 cm³/mol. The molecule has 0 spiro atoms. The molecule has 1 heterocycles. The van der Waals surface area contributed by atoms with E-state index in [0.29, 0.717) is 10.2 Å². The van der Waals surface area contributed by atoms with Crippen molar-refractivity contribution in [2.24, 2.45) is 0 Å². The van der Waals surface area contributed by atoms with Crippen LogP contribution < -0.4 is 4.90 Å². The maximum Gasteiger partial charge on any atom is 0.299 e. The molecule has 16 heavy (non-hydrogen) atoms. The zero-order valence-electron chi connectivity index (χ0n) is 7.97. The quantitative estimate of drug-likeness (QED) is 0.621. The Morgan fingerprint density at radius 2 is 2.06 bits per heavy atom. The number of fused-ring (bicyclic) bond motifs is 1. The lowest BCUT2D eigenvalue weighted by Crippen LogP contribution is -2.31. The molecule has 3 nitrogen and oxygen atoms in total. The molecule has 1 aromatic carbocycles. The van der Waals surface area contributed by atoms with E-state index in [1.165, 1.54) is 11.0 Å². The highest BCUT2D eigenvalue weighted by Crippen LogP contribution is 2.36. The summed E-state index contributed by atoms with van der Waals surface area (Å²) in [4.78, 5) is 24.4. The first-order chi connectivity index (χ1) is 7.56. The molecule has 0 saturated carbocycles. The van der Waals surface area contributed by atoms with Gasteiger partial charge in [0.2, 0.25) is 0 Å². The lowest BCUT2D eigenvalue weighted by atomic mass is 10.1. The van der Waals surface area contributed by atoms with Crippen molar-refractivity contribution in [1.82, 2.24) is 0 Å². The third kappa shape index (κ3) is 1.64. The van der Waals surface area contributed by atoms with Crippen molar-refractivity contribution in [3.8, 4) is 0 Å². The highest BCUT2D eigenvalue weighted by Gasteiger charge is 2.37. The van der Waals surface area contributed by atoms with Crippen LogP contribution in [-0.4, -0.2) is 24.1 Å². The lowest BCUT2D eigenvalue weighted by Gasteiger charge is -2.15. The van der Waals surface area contributed by atoms with Crippen LogP contribution in [0.3, 0.4) is 0 Å². The van der Waals surface area contributed by atoms with Crippen LogP contribution in [0.1, 0.15) is 10.4 Å². The van der Waals surface area contributed by atoms with Gasteiger partial charge in [0.1, 0.15) is 5.82 Å². The Labute approximate surface area is 104 Å². The van der Waals surface area contributed by atoms with Crippen molar-refractivity contribution in [3.05, 3.63) is 28.0 Å². The number of amides is 1. The number of alkyl halides is 1. The molecule has 1 aliphatic rings. The van der Waals surface area contributed by atoms with Crippen LogP contribution in [0, 0.1) is 5.82 Å². The van der Waals surface area contributed by atoms with Crippen LogP contribution in [-0.2, 0) is 4.79 Å². The van der Waals surface area contributed by atoms with E-state index in [0.717, 1.165) is 6.07 Å². The monoisotopic (exact) mass is 305 g/mol. The molecule has 0 bridgehead atoms. The molecule has 1 aliphatic heterocycles. The fourth-order valence-electron chi connectivity index (χ4n) is 1.65. The van der Waals surface area contributed by atoms with Gasteiger partial charge in [-0.2, -0.15) is 0 Å². The molecule has 84 valence electrons. The van der Waals surface area contributed by atoms with Gasteiger partial charge in [-0.05, 0) is 28.1 Å². The largest absolute Gasteiger partial charge is 0.302 e. The normalized spacial score (nSPS) is 14.6. The summed E-state index contributed by atoms with van der Waals surface area (Å²) in [5, 5.41) is 0. The SMILES string of the molecule is O=C1C(=O)N(CCCl)c2c(Br)cc(F)cc21. The van der Waals surface area contributed by atoms with Crippen LogP contribution in [0.15, 0.2) is 16.6 Å². The summed E-state index contributed by atoms with van der Waals surface area (Å²) < 4.78 is 13.5. The van der Waals surface area contributed by atoms with Gasteiger partial charge in [0.05, 0.1) is 11.3 Å². The molecule has 0 unspecified atom stereocenters. The zero-order chi connectivity index (χ0) is 11.9. The molecule has 0 N–H and O–H groups in total. The Morgan fingerprint density at radius 3 is 2.69 bits per heavy atom. The smallest absolute Gasteiger partial charge is 0.299 e. The molecule has 0 fully saturated rings. The second-order valence-corrected chi connectivity index (χ2v) is 4.49. The molecule has 0 saturated heterocycles. The molecule has 6 heteroatoms. The van der Waals surface area contributed by atoms with Crippen molar-refractivity contribution < 1.29 is 14.0 Å². The summed E-state index contributed by atoms with van der Waals surface area (Å²) in [7, 11) is 0. The summed E-state index contributed by atoms with van der Waals surface area (Å²) in [5.41, 5.74) is 0.485. The van der Waals surface area contributed by atoms with Crippen molar-refractivity contribution in [2.75, 3.05) is 17.3 Å². The number of hydrogen-bond acceptors (Lipinski definition) is 2. The van der Waals surface area contributed by atoms with Crippen molar-refractivity contribution in [1.29, 1.82) is 0 Å². The van der Waals surface area contributed by atoms with Gasteiger partial charge >= 0.3 is 0 Å². The van der Waals surface area contributed by atoms with E-state index in [2.05, 4.69) is 15.9 Å². The van der Waals surface area contributed by atoms with E-state index in [1.54, 1.807) is 0 Å². The number of carbonyl (C=O) groups is 2. The molecule has 1 amide bonds. The Hall–Kier alpha value is -0.940. The van der Waals surface area contributed by atoms with E-state index < -0.39 is 17.5 Å². The first-order valence-corrected chi connectivity index (χ1v) is 5.80. The maximum atomic E-state index is 13.1. The second-order valence-electron chi connectivity index (χ2n) is 3.26. The van der Waals surface area contributed by atoms with Gasteiger partial charge in [0, 0.05) is 16.9 Å². The number of Topliss-reactive ketones (excluding diaryl/α,β-unsaturated/α-hetero) is 1. The number of carbonyl (C=O) groups excluding carboxylic acids is 2. The lowest BCUT2D eigenvalue weighted by molar-refractivity contribution is -0.114.